The molecule has 0 aromatic heterocycles. The Morgan fingerprint density at radius 3 is 2.04 bits per heavy atom. The molecule has 0 unspecified atom stereocenters. The van der Waals surface area contributed by atoms with E-state index in [9.17, 15) is 30.0 Å². The van der Waals surface area contributed by atoms with Gasteiger partial charge < -0.3 is 20.4 Å². The average Bonchev–Trinajstić information content (AvgIpc) is 2.45. The first-order valence-electron chi connectivity index (χ1n) is 6.99. The van der Waals surface area contributed by atoms with Gasteiger partial charge in [0.1, 0.15) is 17.2 Å². The first-order valence-corrected chi connectivity index (χ1v) is 6.99. The molecule has 0 bridgehead atoms. The number of phenolic OH excluding ortho intramolecular Hbond substituents is 3. The fraction of sp³-hybridized carbons (Fsp3) is 0.176. The van der Waals surface area contributed by atoms with Crippen molar-refractivity contribution in [2.45, 2.75) is 19.4 Å². The lowest BCUT2D eigenvalue weighted by Crippen LogP contribution is -2.24. The van der Waals surface area contributed by atoms with E-state index in [2.05, 4.69) is 0 Å². The number of phenols is 3. The van der Waals surface area contributed by atoms with Crippen LogP contribution in [-0.2, 0) is 6.42 Å². The maximum absolute atomic E-state index is 12.8. The molecule has 0 saturated heterocycles. The molecule has 0 radical (unpaired) electrons. The third-order valence-corrected chi connectivity index (χ3v) is 3.81. The van der Waals surface area contributed by atoms with Gasteiger partial charge in [0.25, 0.3) is 0 Å². The largest absolute Gasteiger partial charge is 0.508 e. The summed E-state index contributed by atoms with van der Waals surface area (Å²) in [6.07, 6.45) is -0.729. The molecule has 0 fully saturated rings. The number of aliphatic hydroxyl groups excluding tert-OH is 1. The van der Waals surface area contributed by atoms with Crippen LogP contribution in [0.2, 0.25) is 0 Å². The minimum absolute atomic E-state index is 0.0297. The highest BCUT2D eigenvalue weighted by atomic mass is 16.3. The fourth-order valence-electron chi connectivity index (χ4n) is 2.91. The summed E-state index contributed by atoms with van der Waals surface area (Å²) in [6.45, 7) is 1.52. The number of hydrogen-bond acceptors (Lipinski definition) is 6. The summed E-state index contributed by atoms with van der Waals surface area (Å²) in [7, 11) is 0. The van der Waals surface area contributed by atoms with Gasteiger partial charge in [0.05, 0.1) is 17.2 Å². The lowest BCUT2D eigenvalue weighted by Gasteiger charge is -2.22. The number of benzene rings is 2. The van der Waals surface area contributed by atoms with Gasteiger partial charge in [-0.1, -0.05) is 0 Å². The van der Waals surface area contributed by atoms with Crippen LogP contribution >= 0.6 is 0 Å². The van der Waals surface area contributed by atoms with Crippen molar-refractivity contribution in [3.8, 4) is 17.2 Å². The highest BCUT2D eigenvalue weighted by Gasteiger charge is 2.36. The summed E-state index contributed by atoms with van der Waals surface area (Å²) < 4.78 is 0. The van der Waals surface area contributed by atoms with Crippen LogP contribution in [0.4, 0.5) is 0 Å². The second-order valence-electron chi connectivity index (χ2n) is 5.59. The van der Waals surface area contributed by atoms with Gasteiger partial charge in [0, 0.05) is 11.1 Å². The number of aromatic hydroxyl groups is 3. The molecule has 2 aromatic carbocycles. The molecular weight excluding hydrogens is 300 g/mol. The maximum Gasteiger partial charge on any atom is 0.198 e. The van der Waals surface area contributed by atoms with Gasteiger partial charge in [-0.25, -0.2) is 0 Å². The van der Waals surface area contributed by atoms with E-state index in [1.165, 1.54) is 13.0 Å². The van der Waals surface area contributed by atoms with Crippen molar-refractivity contribution in [1.82, 2.24) is 0 Å². The molecule has 0 saturated carbocycles. The minimum Gasteiger partial charge on any atom is -0.508 e. The Labute approximate surface area is 131 Å². The molecule has 23 heavy (non-hydrogen) atoms. The standard InChI is InChI=1S/C17H14O6/c1-7(18)4-8-5-9(19)6-10-13(8)17(23)15-12(21)3-2-11(20)14(15)16(10)22/h2-3,5-7,18-21H,4H2,1H3/t7-/m1/s1. The second kappa shape index (κ2) is 5.10. The van der Waals surface area contributed by atoms with Crippen LogP contribution in [0.25, 0.3) is 0 Å². The normalized spacial score (nSPS) is 14.3. The summed E-state index contributed by atoms with van der Waals surface area (Å²) >= 11 is 0. The monoisotopic (exact) mass is 314 g/mol. The molecule has 6 nitrogen and oxygen atoms in total. The van der Waals surface area contributed by atoms with E-state index >= 15 is 0 Å². The molecule has 3 rings (SSSR count). The zero-order chi connectivity index (χ0) is 16.9. The number of carbonyl (C=O) groups excluding carboxylic acids is 2. The molecule has 118 valence electrons. The average molecular weight is 314 g/mol. The van der Waals surface area contributed by atoms with Gasteiger partial charge in [-0.2, -0.15) is 0 Å². The lowest BCUT2D eigenvalue weighted by atomic mass is 9.80. The first kappa shape index (κ1) is 15.1. The van der Waals surface area contributed by atoms with E-state index in [1.807, 2.05) is 0 Å². The Kier molecular flexibility index (Phi) is 3.34. The molecule has 4 N–H and O–H groups in total. The van der Waals surface area contributed by atoms with Crippen LogP contribution in [0, 0.1) is 0 Å². The van der Waals surface area contributed by atoms with Gasteiger partial charge in [-0.3, -0.25) is 9.59 Å². The van der Waals surface area contributed by atoms with Crippen molar-refractivity contribution in [1.29, 1.82) is 0 Å². The van der Waals surface area contributed by atoms with Gasteiger partial charge in [-0.05, 0) is 43.2 Å². The fourth-order valence-corrected chi connectivity index (χ4v) is 2.91. The number of fused-ring (bicyclic) bond motifs is 2. The summed E-state index contributed by atoms with van der Waals surface area (Å²) in [4.78, 5) is 25.4. The summed E-state index contributed by atoms with van der Waals surface area (Å²) in [5.74, 6) is -2.33. The third kappa shape index (κ3) is 2.24. The Hall–Kier alpha value is -2.86. The van der Waals surface area contributed by atoms with Gasteiger partial charge in [-0.15, -0.1) is 0 Å². The SMILES string of the molecule is C[C@@H](O)Cc1cc(O)cc2c1C(=O)c1c(O)ccc(O)c1C2=O. The Bertz CT molecular complexity index is 851. The Morgan fingerprint density at radius 2 is 1.48 bits per heavy atom. The molecule has 0 amide bonds. The van der Waals surface area contributed by atoms with Crippen LogP contribution in [0.1, 0.15) is 44.3 Å². The van der Waals surface area contributed by atoms with Crippen molar-refractivity contribution in [3.05, 3.63) is 52.1 Å². The number of aliphatic hydroxyl groups is 1. The van der Waals surface area contributed by atoms with Crippen LogP contribution in [0.5, 0.6) is 17.2 Å². The van der Waals surface area contributed by atoms with Crippen molar-refractivity contribution in [3.63, 3.8) is 0 Å². The topological polar surface area (TPSA) is 115 Å². The summed E-state index contributed by atoms with van der Waals surface area (Å²) in [6, 6.07) is 4.72. The van der Waals surface area contributed by atoms with Gasteiger partial charge >= 0.3 is 0 Å². The zero-order valence-corrected chi connectivity index (χ0v) is 12.2. The number of carbonyl (C=O) groups is 2. The van der Waals surface area contributed by atoms with E-state index in [0.29, 0.717) is 5.56 Å². The van der Waals surface area contributed by atoms with E-state index in [1.54, 1.807) is 0 Å². The summed E-state index contributed by atoms with van der Waals surface area (Å²) in [5.41, 5.74) is -0.265. The molecule has 2 aromatic rings. The molecule has 1 atom stereocenters. The number of ketones is 2. The van der Waals surface area contributed by atoms with Crippen LogP contribution < -0.4 is 0 Å². The van der Waals surface area contributed by atoms with E-state index in [-0.39, 0.29) is 34.4 Å². The smallest absolute Gasteiger partial charge is 0.198 e. The highest BCUT2D eigenvalue weighted by Crippen LogP contribution is 2.39. The number of rotatable bonds is 2. The van der Waals surface area contributed by atoms with Crippen molar-refractivity contribution >= 4 is 11.6 Å². The van der Waals surface area contributed by atoms with E-state index in [4.69, 9.17) is 0 Å². The molecule has 0 spiro atoms. The van der Waals surface area contributed by atoms with Crippen LogP contribution in [0.3, 0.4) is 0 Å². The van der Waals surface area contributed by atoms with E-state index < -0.39 is 29.2 Å². The van der Waals surface area contributed by atoms with Crippen LogP contribution in [0.15, 0.2) is 24.3 Å². The van der Waals surface area contributed by atoms with Crippen molar-refractivity contribution in [2.24, 2.45) is 0 Å². The molecule has 0 aliphatic heterocycles. The predicted octanol–water partition coefficient (Wildman–Crippen LogP) is 1.50. The Morgan fingerprint density at radius 1 is 0.913 bits per heavy atom. The third-order valence-electron chi connectivity index (χ3n) is 3.81. The highest BCUT2D eigenvalue weighted by molar-refractivity contribution is 6.30. The molecule has 6 heteroatoms. The molecular formula is C17H14O6. The second-order valence-corrected chi connectivity index (χ2v) is 5.59. The van der Waals surface area contributed by atoms with Crippen molar-refractivity contribution < 1.29 is 30.0 Å². The molecule has 1 aliphatic carbocycles. The molecule has 1 aliphatic rings. The van der Waals surface area contributed by atoms with Gasteiger partial charge in [0.15, 0.2) is 11.6 Å². The first-order chi connectivity index (χ1) is 10.8. The predicted molar refractivity (Wildman–Crippen MR) is 80.1 cm³/mol. The van der Waals surface area contributed by atoms with Crippen molar-refractivity contribution in [2.75, 3.05) is 0 Å². The van der Waals surface area contributed by atoms with Gasteiger partial charge in [0.2, 0.25) is 0 Å². The lowest BCUT2D eigenvalue weighted by molar-refractivity contribution is 0.0972. The maximum atomic E-state index is 12.8. The molecule has 0 heterocycles. The minimum atomic E-state index is -0.789. The van der Waals surface area contributed by atoms with Crippen LogP contribution in [-0.4, -0.2) is 38.1 Å². The van der Waals surface area contributed by atoms with E-state index in [0.717, 1.165) is 18.2 Å². The quantitative estimate of drug-likeness (QED) is 0.533. The summed E-state index contributed by atoms with van der Waals surface area (Å²) in [5, 5.41) is 39.2. The zero-order valence-electron chi connectivity index (χ0n) is 12.2. The number of hydrogen-bond donors (Lipinski definition) is 4. The Balaban J connectivity index is 2.34.